The molecule has 2 N–H and O–H groups in total. The van der Waals surface area contributed by atoms with Crippen LogP contribution in [0.15, 0.2) is 48.5 Å². The van der Waals surface area contributed by atoms with Crippen LogP contribution in [0.25, 0.3) is 0 Å². The Kier molecular flexibility index (Phi) is 6.43. The van der Waals surface area contributed by atoms with E-state index < -0.39 is 9.92 Å². The first kappa shape index (κ1) is 20.8. The fourth-order valence-electron chi connectivity index (χ4n) is 3.91. The van der Waals surface area contributed by atoms with E-state index in [2.05, 4.69) is 71.8 Å². The summed E-state index contributed by atoms with van der Waals surface area (Å²) >= 11 is 0. The van der Waals surface area contributed by atoms with Gasteiger partial charge in [0.2, 0.25) is 0 Å². The fourth-order valence-corrected chi connectivity index (χ4v) is 4.50. The highest BCUT2D eigenvalue weighted by molar-refractivity contribution is 7.93. The van der Waals surface area contributed by atoms with Gasteiger partial charge in [-0.2, -0.15) is 0 Å². The molecule has 0 radical (unpaired) electrons. The summed E-state index contributed by atoms with van der Waals surface area (Å²) in [6, 6.07) is 17.2. The number of nitrogens with one attached hydrogen (secondary N) is 2. The summed E-state index contributed by atoms with van der Waals surface area (Å²) < 4.78 is 21.8. The van der Waals surface area contributed by atoms with Crippen LogP contribution in [0, 0.1) is 4.78 Å². The molecule has 3 rings (SSSR count). The quantitative estimate of drug-likeness (QED) is 0.760. The van der Waals surface area contributed by atoms with Crippen LogP contribution in [0.2, 0.25) is 0 Å². The minimum Gasteiger partial charge on any atom is -0.299 e. The second-order valence-corrected chi connectivity index (χ2v) is 10.0. The summed E-state index contributed by atoms with van der Waals surface area (Å²) in [5, 5.41) is 0. The lowest BCUT2D eigenvalue weighted by atomic mass is 9.91. The van der Waals surface area contributed by atoms with Crippen molar-refractivity contribution in [3.8, 4) is 0 Å². The van der Waals surface area contributed by atoms with Gasteiger partial charge in [0.15, 0.2) is 0 Å². The lowest BCUT2D eigenvalue weighted by Crippen LogP contribution is -2.46. The Morgan fingerprint density at radius 3 is 2.46 bits per heavy atom. The zero-order valence-electron chi connectivity index (χ0n) is 17.3. The van der Waals surface area contributed by atoms with Crippen molar-refractivity contribution in [2.45, 2.75) is 32.4 Å². The maximum Gasteiger partial charge on any atom is 0.123 e. The lowest BCUT2D eigenvalue weighted by molar-refractivity contribution is 0.0899. The molecule has 6 heteroatoms. The number of hydrogen-bond donors (Lipinski definition) is 2. The van der Waals surface area contributed by atoms with Gasteiger partial charge in [-0.25, -0.2) is 8.99 Å². The first-order valence-electron chi connectivity index (χ1n) is 9.85. The molecule has 0 spiro atoms. The molecular formula is C22H32N4OS. The highest BCUT2D eigenvalue weighted by Crippen LogP contribution is 2.31. The Balaban J connectivity index is 1.71. The van der Waals surface area contributed by atoms with Gasteiger partial charge in [-0.15, -0.1) is 0 Å². The van der Waals surface area contributed by atoms with Crippen LogP contribution in [0.3, 0.4) is 0 Å². The maximum atomic E-state index is 11.6. The van der Waals surface area contributed by atoms with Crippen molar-refractivity contribution in [3.63, 3.8) is 0 Å². The van der Waals surface area contributed by atoms with Crippen LogP contribution in [0.4, 0.5) is 5.69 Å². The molecule has 1 saturated heterocycles. The number of anilines is 1. The molecule has 0 aliphatic carbocycles. The maximum absolute atomic E-state index is 11.6. The van der Waals surface area contributed by atoms with E-state index in [0.29, 0.717) is 12.0 Å². The van der Waals surface area contributed by atoms with Gasteiger partial charge < -0.3 is 0 Å². The van der Waals surface area contributed by atoms with Crippen LogP contribution in [0.1, 0.15) is 42.5 Å². The molecule has 1 fully saturated rings. The van der Waals surface area contributed by atoms with Crippen LogP contribution >= 0.6 is 0 Å². The molecular weight excluding hydrogens is 368 g/mol. The lowest BCUT2D eigenvalue weighted by Gasteiger charge is -2.40. The average molecular weight is 401 g/mol. The van der Waals surface area contributed by atoms with Gasteiger partial charge in [0.05, 0.1) is 0 Å². The largest absolute Gasteiger partial charge is 0.299 e. The van der Waals surface area contributed by atoms with Crippen LogP contribution in [-0.4, -0.2) is 46.9 Å². The van der Waals surface area contributed by atoms with Crippen molar-refractivity contribution in [1.29, 1.82) is 4.78 Å². The summed E-state index contributed by atoms with van der Waals surface area (Å²) in [7, 11) is -0.514. The van der Waals surface area contributed by atoms with Gasteiger partial charge in [-0.1, -0.05) is 50.2 Å². The molecule has 152 valence electrons. The molecule has 0 amide bonds. The van der Waals surface area contributed by atoms with Crippen molar-refractivity contribution in [3.05, 3.63) is 65.2 Å². The summed E-state index contributed by atoms with van der Waals surface area (Å²) in [5.74, 6) is 0.519. The van der Waals surface area contributed by atoms with E-state index in [1.165, 1.54) is 22.9 Å². The van der Waals surface area contributed by atoms with Crippen molar-refractivity contribution in [1.82, 2.24) is 9.80 Å². The molecule has 2 aromatic carbocycles. The minimum atomic E-state index is -2.74. The second kappa shape index (κ2) is 8.64. The normalized spacial score (nSPS) is 20.8. The zero-order valence-corrected chi connectivity index (χ0v) is 18.1. The van der Waals surface area contributed by atoms with E-state index >= 15 is 0 Å². The highest BCUT2D eigenvalue weighted by atomic mass is 32.2. The Morgan fingerprint density at radius 1 is 1.14 bits per heavy atom. The number of hydrogen-bond acceptors (Lipinski definition) is 4. The van der Waals surface area contributed by atoms with Crippen molar-refractivity contribution < 1.29 is 4.21 Å². The fraction of sp³-hybridized carbons (Fsp3) is 0.455. The molecule has 2 atom stereocenters. The van der Waals surface area contributed by atoms with Crippen molar-refractivity contribution in [2.75, 3.05) is 37.7 Å². The Hall–Kier alpha value is -1.89. The molecule has 1 aliphatic heterocycles. The van der Waals surface area contributed by atoms with E-state index in [1.54, 1.807) is 0 Å². The van der Waals surface area contributed by atoms with Gasteiger partial charge >= 0.3 is 0 Å². The SMILES string of the molecule is CC(C)c1ccccc1C1CN(Cc2ccc(NS(C)(=N)=O)cc2)CCN1C. The molecule has 0 saturated carbocycles. The topological polar surface area (TPSA) is 59.4 Å². The molecule has 0 bridgehead atoms. The van der Waals surface area contributed by atoms with Crippen LogP contribution < -0.4 is 4.72 Å². The Labute approximate surface area is 169 Å². The van der Waals surface area contributed by atoms with Gasteiger partial charge in [0, 0.05) is 44.2 Å². The van der Waals surface area contributed by atoms with E-state index in [4.69, 9.17) is 4.78 Å². The number of piperazine rings is 1. The molecule has 5 nitrogen and oxygen atoms in total. The van der Waals surface area contributed by atoms with Crippen LogP contribution in [0.5, 0.6) is 0 Å². The van der Waals surface area contributed by atoms with Gasteiger partial charge in [-0.05, 0) is 41.8 Å². The number of likely N-dealkylation sites (N-methyl/N-ethyl adjacent to an activating group) is 1. The third kappa shape index (κ3) is 5.34. The number of rotatable bonds is 6. The highest BCUT2D eigenvalue weighted by Gasteiger charge is 2.27. The summed E-state index contributed by atoms with van der Waals surface area (Å²) in [6.45, 7) is 8.54. The predicted octanol–water partition coefficient (Wildman–Crippen LogP) is 4.30. The van der Waals surface area contributed by atoms with E-state index in [1.807, 2.05) is 12.1 Å². The van der Waals surface area contributed by atoms with Crippen LogP contribution in [-0.2, 0) is 16.5 Å². The zero-order chi connectivity index (χ0) is 20.3. The van der Waals surface area contributed by atoms with Gasteiger partial charge in [0.25, 0.3) is 0 Å². The predicted molar refractivity (Wildman–Crippen MR) is 118 cm³/mol. The molecule has 2 unspecified atom stereocenters. The standard InChI is InChI=1S/C22H32N4OS/c1-17(2)20-7-5-6-8-21(20)22-16-26(14-13-25(22)3)15-18-9-11-19(12-10-18)24-28(4,23)27/h5-12,17,22H,13-16H2,1-4H3,(H2,23,24,27). The van der Waals surface area contributed by atoms with E-state index in [0.717, 1.165) is 31.9 Å². The molecule has 28 heavy (non-hydrogen) atoms. The first-order chi connectivity index (χ1) is 13.2. The van der Waals surface area contributed by atoms with E-state index in [-0.39, 0.29) is 0 Å². The average Bonchev–Trinajstić information content (AvgIpc) is 2.64. The van der Waals surface area contributed by atoms with Crippen molar-refractivity contribution >= 4 is 15.6 Å². The molecule has 1 aliphatic rings. The van der Waals surface area contributed by atoms with E-state index in [9.17, 15) is 4.21 Å². The number of benzene rings is 2. The van der Waals surface area contributed by atoms with Crippen molar-refractivity contribution in [2.24, 2.45) is 0 Å². The summed E-state index contributed by atoms with van der Waals surface area (Å²) in [6.07, 6.45) is 1.39. The minimum absolute atomic E-state index is 0.404. The molecule has 0 aromatic heterocycles. The summed E-state index contributed by atoms with van der Waals surface area (Å²) in [4.78, 5) is 4.98. The first-order valence-corrected chi connectivity index (χ1v) is 11.8. The molecule has 2 aromatic rings. The third-order valence-electron chi connectivity index (χ3n) is 5.38. The van der Waals surface area contributed by atoms with Gasteiger partial charge in [-0.3, -0.25) is 14.5 Å². The smallest absolute Gasteiger partial charge is 0.123 e. The molecule has 1 heterocycles. The Bertz CT molecular complexity index is 893. The van der Waals surface area contributed by atoms with Gasteiger partial charge in [0.1, 0.15) is 9.92 Å². The number of nitrogens with zero attached hydrogens (tertiary/aromatic N) is 2. The third-order valence-corrected chi connectivity index (χ3v) is 6.01. The monoisotopic (exact) mass is 400 g/mol. The summed E-state index contributed by atoms with van der Waals surface area (Å²) in [5.41, 5.74) is 4.85. The Morgan fingerprint density at radius 2 is 1.82 bits per heavy atom. The second-order valence-electron chi connectivity index (χ2n) is 8.16.